The van der Waals surface area contributed by atoms with E-state index >= 15 is 0 Å². The zero-order valence-electron chi connectivity index (χ0n) is 13.5. The number of hydrogen-bond acceptors (Lipinski definition) is 4. The number of methoxy groups -OCH3 is 1. The number of para-hydroxylation sites is 1. The number of anilines is 1. The van der Waals surface area contributed by atoms with Crippen molar-refractivity contribution in [2.45, 2.75) is 6.61 Å². The Balaban J connectivity index is 2.34. The third-order valence-corrected chi connectivity index (χ3v) is 3.46. The van der Waals surface area contributed by atoms with Crippen molar-refractivity contribution < 1.29 is 23.0 Å². The van der Waals surface area contributed by atoms with Gasteiger partial charge in [0.1, 0.15) is 11.6 Å². The van der Waals surface area contributed by atoms with Gasteiger partial charge in [0.25, 0.3) is 5.91 Å². The highest BCUT2D eigenvalue weighted by Gasteiger charge is 2.17. The van der Waals surface area contributed by atoms with E-state index in [-0.39, 0.29) is 22.6 Å². The van der Waals surface area contributed by atoms with Gasteiger partial charge in [0.05, 0.1) is 7.11 Å². The summed E-state index contributed by atoms with van der Waals surface area (Å²) in [6.07, 6.45) is 1.14. The van der Waals surface area contributed by atoms with E-state index in [1.54, 1.807) is 30.3 Å². The van der Waals surface area contributed by atoms with Gasteiger partial charge in [-0.2, -0.15) is 14.0 Å². The first-order chi connectivity index (χ1) is 12.4. The van der Waals surface area contributed by atoms with Crippen molar-refractivity contribution in [3.8, 4) is 17.6 Å². The fraction of sp³-hybridized carbons (Fsp3) is 0.111. The zero-order valence-corrected chi connectivity index (χ0v) is 14.3. The molecule has 0 saturated carbocycles. The average molecular weight is 379 g/mol. The molecule has 1 amide bonds. The molecular formula is C18H13ClF2N2O3. The number of halogens is 3. The molecule has 0 heterocycles. The van der Waals surface area contributed by atoms with Crippen LogP contribution < -0.4 is 14.8 Å². The van der Waals surface area contributed by atoms with E-state index in [1.807, 2.05) is 0 Å². The van der Waals surface area contributed by atoms with E-state index in [9.17, 15) is 18.8 Å². The van der Waals surface area contributed by atoms with Gasteiger partial charge in [-0.3, -0.25) is 4.79 Å². The summed E-state index contributed by atoms with van der Waals surface area (Å²) in [4.78, 5) is 12.3. The highest BCUT2D eigenvalue weighted by molar-refractivity contribution is 6.30. The maximum atomic E-state index is 12.7. The fourth-order valence-electron chi connectivity index (χ4n) is 2.06. The van der Waals surface area contributed by atoms with Crippen LogP contribution in [0.4, 0.5) is 14.5 Å². The molecule has 0 radical (unpaired) electrons. The smallest absolute Gasteiger partial charge is 0.387 e. The Morgan fingerprint density at radius 3 is 2.54 bits per heavy atom. The van der Waals surface area contributed by atoms with Gasteiger partial charge >= 0.3 is 6.61 Å². The second-order valence-electron chi connectivity index (χ2n) is 4.89. The van der Waals surface area contributed by atoms with Crippen LogP contribution in [0.1, 0.15) is 5.56 Å². The Kier molecular flexibility index (Phi) is 6.53. The largest absolute Gasteiger partial charge is 0.493 e. The normalized spacial score (nSPS) is 11.0. The first-order valence-corrected chi connectivity index (χ1v) is 7.63. The molecule has 0 aliphatic rings. The molecule has 0 bridgehead atoms. The van der Waals surface area contributed by atoms with Gasteiger partial charge in [-0.1, -0.05) is 23.7 Å². The van der Waals surface area contributed by atoms with Crippen LogP contribution in [0.5, 0.6) is 11.5 Å². The Morgan fingerprint density at radius 2 is 1.96 bits per heavy atom. The lowest BCUT2D eigenvalue weighted by Gasteiger charge is -2.12. The van der Waals surface area contributed by atoms with Crippen molar-refractivity contribution in [3.63, 3.8) is 0 Å². The van der Waals surface area contributed by atoms with Gasteiger partial charge in [-0.15, -0.1) is 0 Å². The minimum Gasteiger partial charge on any atom is -0.493 e. The zero-order chi connectivity index (χ0) is 19.1. The Hall–Kier alpha value is -3.11. The summed E-state index contributed by atoms with van der Waals surface area (Å²) in [6.45, 7) is -3.09. The number of nitriles is 1. The quantitative estimate of drug-likeness (QED) is 0.593. The van der Waals surface area contributed by atoms with Gasteiger partial charge in [-0.25, -0.2) is 0 Å². The molecule has 2 rings (SSSR count). The molecule has 0 atom stereocenters. The number of alkyl halides is 2. The molecule has 0 aliphatic heterocycles. The Labute approximate surface area is 153 Å². The third-order valence-electron chi connectivity index (χ3n) is 3.20. The van der Waals surface area contributed by atoms with Gasteiger partial charge in [-0.05, 0) is 36.4 Å². The van der Waals surface area contributed by atoms with Gasteiger partial charge in [0.15, 0.2) is 11.5 Å². The van der Waals surface area contributed by atoms with E-state index in [0.29, 0.717) is 10.7 Å². The van der Waals surface area contributed by atoms with Crippen LogP contribution in [0.25, 0.3) is 6.08 Å². The predicted molar refractivity (Wildman–Crippen MR) is 93.3 cm³/mol. The molecule has 1 N–H and O–H groups in total. The monoisotopic (exact) mass is 378 g/mol. The number of rotatable bonds is 6. The van der Waals surface area contributed by atoms with Gasteiger partial charge in [0.2, 0.25) is 0 Å². The van der Waals surface area contributed by atoms with Gasteiger partial charge in [0, 0.05) is 16.3 Å². The lowest BCUT2D eigenvalue weighted by molar-refractivity contribution is -0.112. The maximum Gasteiger partial charge on any atom is 0.387 e. The minimum absolute atomic E-state index is 0.0504. The molecule has 2 aromatic carbocycles. The van der Waals surface area contributed by atoms with Crippen molar-refractivity contribution in [2.24, 2.45) is 0 Å². The number of nitrogens with one attached hydrogen (secondary N) is 1. The van der Waals surface area contributed by atoms with Crippen LogP contribution in [0.15, 0.2) is 48.0 Å². The number of amides is 1. The molecule has 26 heavy (non-hydrogen) atoms. The van der Waals surface area contributed by atoms with Crippen LogP contribution in [0.3, 0.4) is 0 Å². The number of carbonyl (C=O) groups is 1. The Bertz CT molecular complexity index is 862. The number of nitrogens with zero attached hydrogens (tertiary/aromatic N) is 1. The molecule has 0 aliphatic carbocycles. The SMILES string of the molecule is COc1cccc(/C=C(\C#N)C(=O)Nc2ccc(Cl)cc2)c1OC(F)F. The summed E-state index contributed by atoms with van der Waals surface area (Å²) < 4.78 is 34.8. The molecule has 5 nitrogen and oxygen atoms in total. The van der Waals surface area contributed by atoms with Crippen molar-refractivity contribution >= 4 is 29.3 Å². The van der Waals surface area contributed by atoms with E-state index in [2.05, 4.69) is 10.1 Å². The molecule has 0 saturated heterocycles. The summed E-state index contributed by atoms with van der Waals surface area (Å²) in [6, 6.07) is 12.4. The number of benzene rings is 2. The van der Waals surface area contributed by atoms with E-state index in [4.69, 9.17) is 16.3 Å². The summed E-state index contributed by atoms with van der Waals surface area (Å²) in [5.74, 6) is -0.924. The van der Waals surface area contributed by atoms with E-state index in [0.717, 1.165) is 6.08 Å². The summed E-state index contributed by atoms with van der Waals surface area (Å²) >= 11 is 5.77. The summed E-state index contributed by atoms with van der Waals surface area (Å²) in [7, 11) is 1.29. The molecule has 2 aromatic rings. The lowest BCUT2D eigenvalue weighted by Crippen LogP contribution is -2.13. The van der Waals surface area contributed by atoms with Crippen molar-refractivity contribution in [3.05, 3.63) is 58.6 Å². The van der Waals surface area contributed by atoms with Gasteiger partial charge < -0.3 is 14.8 Å². The highest BCUT2D eigenvalue weighted by atomic mass is 35.5. The predicted octanol–water partition coefficient (Wildman–Crippen LogP) is 4.50. The van der Waals surface area contributed by atoms with Crippen molar-refractivity contribution in [2.75, 3.05) is 12.4 Å². The van der Waals surface area contributed by atoms with E-state index in [1.165, 1.54) is 25.3 Å². The molecule has 0 fully saturated rings. The first-order valence-electron chi connectivity index (χ1n) is 7.25. The molecule has 0 spiro atoms. The first kappa shape index (κ1) is 19.2. The highest BCUT2D eigenvalue weighted by Crippen LogP contribution is 2.34. The second kappa shape index (κ2) is 8.83. The summed E-state index contributed by atoms with van der Waals surface area (Å²) in [5, 5.41) is 12.3. The molecule has 0 unspecified atom stereocenters. The number of ether oxygens (including phenoxy) is 2. The lowest BCUT2D eigenvalue weighted by atomic mass is 10.1. The topological polar surface area (TPSA) is 71.3 Å². The number of hydrogen-bond donors (Lipinski definition) is 1. The van der Waals surface area contributed by atoms with Crippen LogP contribution in [-0.4, -0.2) is 19.6 Å². The van der Waals surface area contributed by atoms with Crippen LogP contribution in [-0.2, 0) is 4.79 Å². The molecule has 134 valence electrons. The van der Waals surface area contributed by atoms with Crippen LogP contribution in [0, 0.1) is 11.3 Å². The minimum atomic E-state index is -3.09. The van der Waals surface area contributed by atoms with E-state index < -0.39 is 12.5 Å². The Morgan fingerprint density at radius 1 is 1.27 bits per heavy atom. The van der Waals surface area contributed by atoms with Crippen molar-refractivity contribution in [1.29, 1.82) is 5.26 Å². The number of carbonyl (C=O) groups excluding carboxylic acids is 1. The summed E-state index contributed by atoms with van der Waals surface area (Å²) in [5.41, 5.74) is 0.232. The van der Waals surface area contributed by atoms with Crippen molar-refractivity contribution in [1.82, 2.24) is 0 Å². The second-order valence-corrected chi connectivity index (χ2v) is 5.32. The average Bonchev–Trinajstić information content (AvgIpc) is 2.62. The maximum absolute atomic E-state index is 12.7. The van der Waals surface area contributed by atoms with Crippen LogP contribution in [0.2, 0.25) is 5.02 Å². The fourth-order valence-corrected chi connectivity index (χ4v) is 2.18. The van der Waals surface area contributed by atoms with Crippen LogP contribution >= 0.6 is 11.6 Å². The third kappa shape index (κ3) is 4.94. The molecule has 8 heteroatoms. The molecular weight excluding hydrogens is 366 g/mol. The molecule has 0 aromatic heterocycles. The standard InChI is InChI=1S/C18H13ClF2N2O3/c1-25-15-4-2-3-11(16(15)26-18(20)21)9-12(10-22)17(24)23-14-7-5-13(19)6-8-14/h2-9,18H,1H3,(H,23,24)/b12-9+.